The lowest BCUT2D eigenvalue weighted by atomic mass is 10.1. The summed E-state index contributed by atoms with van der Waals surface area (Å²) in [5.41, 5.74) is 1.39. The zero-order valence-corrected chi connectivity index (χ0v) is 15.1. The number of carbonyl (C=O) groups excluding carboxylic acids is 2. The number of nitrogens with one attached hydrogen (secondary N) is 1. The lowest BCUT2D eigenvalue weighted by Gasteiger charge is -2.20. The van der Waals surface area contributed by atoms with Gasteiger partial charge in [0.1, 0.15) is 5.82 Å². The third-order valence-electron chi connectivity index (χ3n) is 3.57. The van der Waals surface area contributed by atoms with Crippen molar-refractivity contribution in [2.45, 2.75) is 13.3 Å². The Morgan fingerprint density at radius 3 is 2.36 bits per heavy atom. The minimum Gasteiger partial charge on any atom is -0.333 e. The minimum atomic E-state index is -0.340. The van der Waals surface area contributed by atoms with Crippen LogP contribution in [0.3, 0.4) is 0 Å². The normalized spacial score (nSPS) is 10.4. The predicted molar refractivity (Wildman–Crippen MR) is 97.4 cm³/mol. The van der Waals surface area contributed by atoms with Gasteiger partial charge in [-0.25, -0.2) is 4.39 Å². The summed E-state index contributed by atoms with van der Waals surface area (Å²) in [5, 5.41) is 3.40. The Hall–Kier alpha value is -2.11. The zero-order chi connectivity index (χ0) is 18.4. The Bertz CT molecular complexity index is 766. The van der Waals surface area contributed by atoms with Gasteiger partial charge in [0.25, 0.3) is 0 Å². The lowest BCUT2D eigenvalue weighted by molar-refractivity contribution is -0.132. The maximum atomic E-state index is 12.9. The molecule has 0 heterocycles. The fourth-order valence-corrected chi connectivity index (χ4v) is 2.51. The number of hydrogen-bond acceptors (Lipinski definition) is 2. The molecule has 0 saturated carbocycles. The van der Waals surface area contributed by atoms with Gasteiger partial charge in [-0.15, -0.1) is 0 Å². The van der Waals surface area contributed by atoms with Crippen LogP contribution in [-0.2, 0) is 16.0 Å². The van der Waals surface area contributed by atoms with Crippen molar-refractivity contribution < 1.29 is 14.0 Å². The van der Waals surface area contributed by atoms with Crippen LogP contribution < -0.4 is 5.32 Å². The molecule has 0 atom stereocenters. The van der Waals surface area contributed by atoms with Gasteiger partial charge in [0.05, 0.1) is 16.6 Å². The molecule has 2 aromatic rings. The molecule has 0 unspecified atom stereocenters. The van der Waals surface area contributed by atoms with Gasteiger partial charge in [-0.05, 0) is 42.3 Å². The number of nitrogens with zero attached hydrogens (tertiary/aromatic N) is 1. The first-order valence-electron chi connectivity index (χ1n) is 7.60. The van der Waals surface area contributed by atoms with E-state index in [-0.39, 0.29) is 24.2 Å². The topological polar surface area (TPSA) is 49.4 Å². The molecule has 4 nitrogen and oxygen atoms in total. The van der Waals surface area contributed by atoms with E-state index in [0.29, 0.717) is 28.7 Å². The SMILES string of the molecule is CC(=O)N(CCc1ccc(F)cc1)CC(=O)Nc1ccc(Cl)c(Cl)c1. The van der Waals surface area contributed by atoms with Gasteiger partial charge in [-0.2, -0.15) is 0 Å². The van der Waals surface area contributed by atoms with Crippen LogP contribution in [-0.4, -0.2) is 29.8 Å². The molecule has 0 fully saturated rings. The van der Waals surface area contributed by atoms with Gasteiger partial charge in [-0.1, -0.05) is 35.3 Å². The van der Waals surface area contributed by atoms with Crippen molar-refractivity contribution in [1.29, 1.82) is 0 Å². The smallest absolute Gasteiger partial charge is 0.243 e. The number of benzene rings is 2. The van der Waals surface area contributed by atoms with E-state index in [1.807, 2.05) is 0 Å². The van der Waals surface area contributed by atoms with Crippen LogP contribution in [0.15, 0.2) is 42.5 Å². The van der Waals surface area contributed by atoms with Crippen LogP contribution in [0.25, 0.3) is 0 Å². The number of halogens is 3. The molecule has 2 aromatic carbocycles. The summed E-state index contributed by atoms with van der Waals surface area (Å²) in [6, 6.07) is 10.8. The van der Waals surface area contributed by atoms with E-state index in [9.17, 15) is 14.0 Å². The van der Waals surface area contributed by atoms with E-state index in [1.165, 1.54) is 24.0 Å². The molecular formula is C18H17Cl2FN2O2. The quantitative estimate of drug-likeness (QED) is 0.814. The van der Waals surface area contributed by atoms with Crippen LogP contribution in [0.5, 0.6) is 0 Å². The molecule has 0 bridgehead atoms. The molecule has 0 spiro atoms. The van der Waals surface area contributed by atoms with Gasteiger partial charge in [0.15, 0.2) is 0 Å². The molecule has 2 amide bonds. The Morgan fingerprint density at radius 1 is 1.08 bits per heavy atom. The van der Waals surface area contributed by atoms with Gasteiger partial charge >= 0.3 is 0 Å². The van der Waals surface area contributed by atoms with Crippen LogP contribution in [0.4, 0.5) is 10.1 Å². The Labute approximate surface area is 155 Å². The minimum absolute atomic E-state index is 0.0865. The summed E-state index contributed by atoms with van der Waals surface area (Å²) in [7, 11) is 0. The summed E-state index contributed by atoms with van der Waals surface area (Å²) in [6.07, 6.45) is 0.528. The second-order valence-corrected chi connectivity index (χ2v) is 6.31. The number of rotatable bonds is 6. The molecule has 0 aliphatic carbocycles. The van der Waals surface area contributed by atoms with Crippen molar-refractivity contribution in [3.05, 3.63) is 63.9 Å². The van der Waals surface area contributed by atoms with Gasteiger partial charge in [0.2, 0.25) is 11.8 Å². The fraction of sp³-hybridized carbons (Fsp3) is 0.222. The first-order chi connectivity index (χ1) is 11.8. The Balaban J connectivity index is 1.93. The van der Waals surface area contributed by atoms with Crippen LogP contribution in [0, 0.1) is 5.82 Å². The average Bonchev–Trinajstić information content (AvgIpc) is 2.56. The molecule has 7 heteroatoms. The lowest BCUT2D eigenvalue weighted by Crippen LogP contribution is -2.38. The highest BCUT2D eigenvalue weighted by atomic mass is 35.5. The van der Waals surface area contributed by atoms with Crippen molar-refractivity contribution in [1.82, 2.24) is 4.90 Å². The largest absolute Gasteiger partial charge is 0.333 e. The second-order valence-electron chi connectivity index (χ2n) is 5.49. The molecule has 0 saturated heterocycles. The van der Waals surface area contributed by atoms with E-state index in [1.54, 1.807) is 30.3 Å². The first kappa shape index (κ1) is 19.2. The predicted octanol–water partition coefficient (Wildman–Crippen LogP) is 4.16. The van der Waals surface area contributed by atoms with Crippen LogP contribution in [0.1, 0.15) is 12.5 Å². The summed E-state index contributed by atoms with van der Waals surface area (Å²) < 4.78 is 12.9. The summed E-state index contributed by atoms with van der Waals surface area (Å²) in [4.78, 5) is 25.3. The van der Waals surface area contributed by atoms with Crippen molar-refractivity contribution >= 4 is 40.7 Å². The molecule has 0 aliphatic rings. The highest BCUT2D eigenvalue weighted by molar-refractivity contribution is 6.42. The van der Waals surface area contributed by atoms with Crippen molar-refractivity contribution in [3.8, 4) is 0 Å². The molecule has 0 radical (unpaired) electrons. The zero-order valence-electron chi connectivity index (χ0n) is 13.6. The third kappa shape index (κ3) is 6.03. The van der Waals surface area contributed by atoms with E-state index in [4.69, 9.17) is 23.2 Å². The van der Waals surface area contributed by atoms with E-state index >= 15 is 0 Å². The average molecular weight is 383 g/mol. The number of amides is 2. The molecule has 2 rings (SSSR count). The highest BCUT2D eigenvalue weighted by Gasteiger charge is 2.14. The molecular weight excluding hydrogens is 366 g/mol. The Morgan fingerprint density at radius 2 is 1.76 bits per heavy atom. The second kappa shape index (κ2) is 8.83. The van der Waals surface area contributed by atoms with Gasteiger partial charge in [-0.3, -0.25) is 9.59 Å². The van der Waals surface area contributed by atoms with E-state index in [0.717, 1.165) is 5.56 Å². The fourth-order valence-electron chi connectivity index (χ4n) is 2.21. The molecule has 132 valence electrons. The molecule has 25 heavy (non-hydrogen) atoms. The van der Waals surface area contributed by atoms with Gasteiger partial charge in [0, 0.05) is 19.2 Å². The molecule has 0 aliphatic heterocycles. The number of hydrogen-bond donors (Lipinski definition) is 1. The van der Waals surface area contributed by atoms with Crippen LogP contribution >= 0.6 is 23.2 Å². The van der Waals surface area contributed by atoms with Crippen LogP contribution in [0.2, 0.25) is 10.0 Å². The monoisotopic (exact) mass is 382 g/mol. The maximum absolute atomic E-state index is 12.9. The Kier molecular flexibility index (Phi) is 6.79. The van der Waals surface area contributed by atoms with Gasteiger partial charge < -0.3 is 10.2 Å². The standard InChI is InChI=1S/C18H17Cl2FN2O2/c1-12(24)23(9-8-13-2-4-14(21)5-3-13)11-18(25)22-15-6-7-16(19)17(20)10-15/h2-7,10H,8-9,11H2,1H3,(H,22,25). The van der Waals surface area contributed by atoms with E-state index < -0.39 is 0 Å². The summed E-state index contributed by atoms with van der Waals surface area (Å²) >= 11 is 11.7. The van der Waals surface area contributed by atoms with E-state index in [2.05, 4.69) is 5.32 Å². The molecule has 0 aromatic heterocycles. The van der Waals surface area contributed by atoms with Crippen molar-refractivity contribution in [3.63, 3.8) is 0 Å². The molecule has 1 N–H and O–H groups in total. The highest BCUT2D eigenvalue weighted by Crippen LogP contribution is 2.24. The first-order valence-corrected chi connectivity index (χ1v) is 8.35. The van der Waals surface area contributed by atoms with Crippen molar-refractivity contribution in [2.24, 2.45) is 0 Å². The number of carbonyl (C=O) groups is 2. The number of anilines is 1. The summed E-state index contributed by atoms with van der Waals surface area (Å²) in [5.74, 6) is -0.868. The van der Waals surface area contributed by atoms with Crippen molar-refractivity contribution in [2.75, 3.05) is 18.4 Å². The maximum Gasteiger partial charge on any atom is 0.243 e. The third-order valence-corrected chi connectivity index (χ3v) is 4.31. The summed E-state index contributed by atoms with van der Waals surface area (Å²) in [6.45, 7) is 1.67.